The van der Waals surface area contributed by atoms with Gasteiger partial charge in [0.2, 0.25) is 5.91 Å². The predicted octanol–water partition coefficient (Wildman–Crippen LogP) is 2.96. The first kappa shape index (κ1) is 16.7. The molecule has 0 spiro atoms. The zero-order valence-electron chi connectivity index (χ0n) is 14.1. The number of carbonyl (C=O) groups is 1. The first-order valence-corrected chi connectivity index (χ1v) is 8.87. The Hall–Kier alpha value is -2.13. The van der Waals surface area contributed by atoms with Gasteiger partial charge in [0.15, 0.2) is 0 Å². The fourth-order valence-corrected chi connectivity index (χ4v) is 3.44. The van der Waals surface area contributed by atoms with Crippen molar-refractivity contribution >= 4 is 5.91 Å². The molecule has 1 atom stereocenters. The summed E-state index contributed by atoms with van der Waals surface area (Å²) < 4.78 is 0. The summed E-state index contributed by atoms with van der Waals surface area (Å²) in [6.45, 7) is 1.90. The Morgan fingerprint density at radius 2 is 1.58 bits per heavy atom. The van der Waals surface area contributed by atoms with Crippen molar-refractivity contribution in [2.45, 2.75) is 31.7 Å². The van der Waals surface area contributed by atoms with E-state index >= 15 is 0 Å². The zero-order valence-corrected chi connectivity index (χ0v) is 14.1. The molecule has 2 aromatic rings. The van der Waals surface area contributed by atoms with Gasteiger partial charge < -0.3 is 10.6 Å². The maximum atomic E-state index is 12.5. The molecule has 0 aliphatic carbocycles. The SMILES string of the molecule is O=C(CC(Cc1ccccc1)Cc1ccccc1)NC1CCNC1. The van der Waals surface area contributed by atoms with Gasteiger partial charge >= 0.3 is 0 Å². The highest BCUT2D eigenvalue weighted by atomic mass is 16.1. The Morgan fingerprint density at radius 1 is 1.00 bits per heavy atom. The first-order valence-electron chi connectivity index (χ1n) is 8.87. The molecule has 3 rings (SSSR count). The zero-order chi connectivity index (χ0) is 16.6. The minimum absolute atomic E-state index is 0.181. The first-order chi connectivity index (χ1) is 11.8. The maximum absolute atomic E-state index is 12.5. The van der Waals surface area contributed by atoms with Gasteiger partial charge in [0.1, 0.15) is 0 Å². The molecule has 0 aromatic heterocycles. The molecule has 2 N–H and O–H groups in total. The van der Waals surface area contributed by atoms with Gasteiger partial charge in [0.25, 0.3) is 0 Å². The predicted molar refractivity (Wildman–Crippen MR) is 97.8 cm³/mol. The summed E-state index contributed by atoms with van der Waals surface area (Å²) in [6.07, 6.45) is 3.49. The van der Waals surface area contributed by atoms with E-state index in [0.29, 0.717) is 18.4 Å². The molecule has 1 fully saturated rings. The van der Waals surface area contributed by atoms with Crippen LogP contribution in [0, 0.1) is 5.92 Å². The van der Waals surface area contributed by atoms with Crippen molar-refractivity contribution in [2.75, 3.05) is 13.1 Å². The molecule has 1 aliphatic heterocycles. The molecule has 1 aliphatic rings. The normalized spacial score (nSPS) is 17.1. The van der Waals surface area contributed by atoms with E-state index in [0.717, 1.165) is 32.4 Å². The fraction of sp³-hybridized carbons (Fsp3) is 0.381. The van der Waals surface area contributed by atoms with Crippen molar-refractivity contribution in [1.82, 2.24) is 10.6 Å². The Bertz CT molecular complexity index is 579. The van der Waals surface area contributed by atoms with Crippen LogP contribution < -0.4 is 10.6 Å². The molecule has 0 bridgehead atoms. The van der Waals surface area contributed by atoms with E-state index in [-0.39, 0.29) is 5.91 Å². The molecule has 1 saturated heterocycles. The van der Waals surface area contributed by atoms with Gasteiger partial charge in [-0.2, -0.15) is 0 Å². The Morgan fingerprint density at radius 3 is 2.08 bits per heavy atom. The average Bonchev–Trinajstić information content (AvgIpc) is 3.09. The van der Waals surface area contributed by atoms with Crippen LogP contribution in [0.5, 0.6) is 0 Å². The van der Waals surface area contributed by atoms with Gasteiger partial charge in [-0.05, 0) is 42.9 Å². The standard InChI is InChI=1S/C21H26N2O/c24-21(23-20-11-12-22-16-20)15-19(13-17-7-3-1-4-8-17)14-18-9-5-2-6-10-18/h1-10,19-20,22H,11-16H2,(H,23,24). The number of hydrogen-bond acceptors (Lipinski definition) is 2. The van der Waals surface area contributed by atoms with Gasteiger partial charge in [-0.25, -0.2) is 0 Å². The van der Waals surface area contributed by atoms with Gasteiger partial charge in [0, 0.05) is 19.0 Å². The highest BCUT2D eigenvalue weighted by Gasteiger charge is 2.20. The molecular weight excluding hydrogens is 296 g/mol. The third-order valence-corrected chi connectivity index (χ3v) is 4.63. The quantitative estimate of drug-likeness (QED) is 0.823. The van der Waals surface area contributed by atoms with E-state index in [1.165, 1.54) is 11.1 Å². The Labute approximate surface area is 144 Å². The van der Waals surface area contributed by atoms with E-state index in [2.05, 4.69) is 59.2 Å². The number of carbonyl (C=O) groups excluding carboxylic acids is 1. The average molecular weight is 322 g/mol. The van der Waals surface area contributed by atoms with E-state index in [1.54, 1.807) is 0 Å². The summed E-state index contributed by atoms with van der Waals surface area (Å²) in [7, 11) is 0. The fourth-order valence-electron chi connectivity index (χ4n) is 3.44. The summed E-state index contributed by atoms with van der Waals surface area (Å²) in [6, 6.07) is 21.2. The minimum Gasteiger partial charge on any atom is -0.352 e. The lowest BCUT2D eigenvalue weighted by Crippen LogP contribution is -2.37. The third kappa shape index (κ3) is 5.20. The molecule has 3 nitrogen and oxygen atoms in total. The van der Waals surface area contributed by atoms with Crippen molar-refractivity contribution in [2.24, 2.45) is 5.92 Å². The number of amides is 1. The van der Waals surface area contributed by atoms with Crippen LogP contribution in [0.1, 0.15) is 24.0 Å². The Kier molecular flexibility index (Phi) is 6.02. The van der Waals surface area contributed by atoms with Crippen molar-refractivity contribution in [3.63, 3.8) is 0 Å². The maximum Gasteiger partial charge on any atom is 0.220 e. The number of nitrogens with one attached hydrogen (secondary N) is 2. The van der Waals surface area contributed by atoms with E-state index < -0.39 is 0 Å². The van der Waals surface area contributed by atoms with Crippen molar-refractivity contribution in [3.8, 4) is 0 Å². The molecule has 24 heavy (non-hydrogen) atoms. The summed E-state index contributed by atoms with van der Waals surface area (Å²) in [5, 5.41) is 6.48. The second-order valence-corrected chi connectivity index (χ2v) is 6.71. The van der Waals surface area contributed by atoms with Gasteiger partial charge in [-0.15, -0.1) is 0 Å². The molecule has 126 valence electrons. The largest absolute Gasteiger partial charge is 0.352 e. The third-order valence-electron chi connectivity index (χ3n) is 4.63. The molecule has 2 aromatic carbocycles. The van der Waals surface area contributed by atoms with Crippen LogP contribution in [0.2, 0.25) is 0 Å². The molecule has 1 unspecified atom stereocenters. The lowest BCUT2D eigenvalue weighted by atomic mass is 9.89. The topological polar surface area (TPSA) is 41.1 Å². The summed E-state index contributed by atoms with van der Waals surface area (Å²) in [5.74, 6) is 0.504. The summed E-state index contributed by atoms with van der Waals surface area (Å²) >= 11 is 0. The monoisotopic (exact) mass is 322 g/mol. The molecule has 3 heteroatoms. The van der Waals surface area contributed by atoms with Crippen LogP contribution in [-0.2, 0) is 17.6 Å². The van der Waals surface area contributed by atoms with Crippen molar-refractivity contribution in [3.05, 3.63) is 71.8 Å². The van der Waals surface area contributed by atoms with Gasteiger partial charge in [0.05, 0.1) is 0 Å². The number of hydrogen-bond donors (Lipinski definition) is 2. The number of rotatable bonds is 7. The van der Waals surface area contributed by atoms with Crippen LogP contribution in [0.3, 0.4) is 0 Å². The van der Waals surface area contributed by atoms with E-state index in [9.17, 15) is 4.79 Å². The Balaban J connectivity index is 1.63. The van der Waals surface area contributed by atoms with Crippen LogP contribution in [0.4, 0.5) is 0 Å². The highest BCUT2D eigenvalue weighted by molar-refractivity contribution is 5.76. The van der Waals surface area contributed by atoms with E-state index in [1.807, 2.05) is 12.1 Å². The van der Waals surface area contributed by atoms with Crippen LogP contribution >= 0.6 is 0 Å². The molecule has 1 amide bonds. The van der Waals surface area contributed by atoms with Crippen LogP contribution in [0.25, 0.3) is 0 Å². The van der Waals surface area contributed by atoms with Gasteiger partial charge in [-0.3, -0.25) is 4.79 Å². The second-order valence-electron chi connectivity index (χ2n) is 6.71. The summed E-state index contributed by atoms with van der Waals surface area (Å²) in [5.41, 5.74) is 2.60. The minimum atomic E-state index is 0.181. The lowest BCUT2D eigenvalue weighted by Gasteiger charge is -2.19. The van der Waals surface area contributed by atoms with E-state index in [4.69, 9.17) is 0 Å². The second kappa shape index (κ2) is 8.65. The molecule has 0 saturated carbocycles. The highest BCUT2D eigenvalue weighted by Crippen LogP contribution is 2.18. The molecule has 1 heterocycles. The molecule has 0 radical (unpaired) electrons. The summed E-state index contributed by atoms with van der Waals surface area (Å²) in [4.78, 5) is 12.5. The van der Waals surface area contributed by atoms with Crippen LogP contribution in [0.15, 0.2) is 60.7 Å². The number of benzene rings is 2. The van der Waals surface area contributed by atoms with Crippen LogP contribution in [-0.4, -0.2) is 25.0 Å². The smallest absolute Gasteiger partial charge is 0.220 e. The van der Waals surface area contributed by atoms with Crippen molar-refractivity contribution < 1.29 is 4.79 Å². The van der Waals surface area contributed by atoms with Gasteiger partial charge in [-0.1, -0.05) is 60.7 Å². The lowest BCUT2D eigenvalue weighted by molar-refractivity contribution is -0.122. The van der Waals surface area contributed by atoms with Crippen molar-refractivity contribution in [1.29, 1.82) is 0 Å². The molecular formula is C21H26N2O.